The Bertz CT molecular complexity index is 30.6. The van der Waals surface area contributed by atoms with Crippen LogP contribution in [0.25, 0.3) is 0 Å². The van der Waals surface area contributed by atoms with E-state index in [1.54, 1.807) is 5.12 Å². The molecule has 1 fully saturated rings. The first-order valence-corrected chi connectivity index (χ1v) is 1.39. The Hall–Kier alpha value is -0.160. The lowest BCUT2D eigenvalue weighted by Gasteiger charge is -2.28. The summed E-state index contributed by atoms with van der Waals surface area (Å²) in [4.78, 5) is 0. The van der Waals surface area contributed by atoms with E-state index in [0.29, 0.717) is 0 Å². The van der Waals surface area contributed by atoms with Crippen LogP contribution in [0.4, 0.5) is 0 Å². The molecule has 0 unspecified atom stereocenters. The normalized spacial score (nSPS) is 25.8. The van der Waals surface area contributed by atoms with Crippen molar-refractivity contribution in [1.82, 2.24) is 21.7 Å². The first-order valence-electron chi connectivity index (χ1n) is 1.39. The second-order valence-electron chi connectivity index (χ2n) is 0.908. The summed E-state index contributed by atoms with van der Waals surface area (Å²) in [6, 6.07) is 0. The third-order valence-electron chi connectivity index (χ3n) is 0.447. The average Bonchev–Trinajstić information content (AvgIpc) is 1.30. The van der Waals surface area contributed by atoms with Gasteiger partial charge in [0.2, 0.25) is 0 Å². The number of rotatable bonds is 0. The first-order chi connectivity index (χ1) is 2.39. The summed E-state index contributed by atoms with van der Waals surface area (Å²) >= 11 is 0. The summed E-state index contributed by atoms with van der Waals surface area (Å²) in [5, 5.41) is 1.69. The zero-order chi connectivity index (χ0) is 3.70. The van der Waals surface area contributed by atoms with Gasteiger partial charge in [0.25, 0.3) is 0 Å². The van der Waals surface area contributed by atoms with Crippen LogP contribution < -0.4 is 16.6 Å². The molecule has 0 spiro atoms. The van der Waals surface area contributed by atoms with E-state index >= 15 is 0 Å². The van der Waals surface area contributed by atoms with E-state index in [0.717, 1.165) is 0 Å². The highest BCUT2D eigenvalue weighted by molar-refractivity contribution is 4.27. The predicted octanol–water partition coefficient (Wildman–Crippen LogP) is -1.64. The third-order valence-corrected chi connectivity index (χ3v) is 0.447. The molecule has 0 amide bonds. The van der Waals surface area contributed by atoms with E-state index in [1.807, 2.05) is 7.05 Å². The molecule has 0 bridgehead atoms. The monoisotopic (exact) mass is 74.1 g/mol. The molecule has 0 aliphatic carbocycles. The number of nitrogens with one attached hydrogen (secondary N) is 3. The largest absolute Gasteiger partial charge is 0.164 e. The zero-order valence-electron chi connectivity index (χ0n) is 2.95. The Morgan fingerprint density at radius 1 is 1.40 bits per heavy atom. The lowest BCUT2D eigenvalue weighted by Crippen LogP contribution is -2.71. The Balaban J connectivity index is 2.08. The molecule has 30 valence electrons. The van der Waals surface area contributed by atoms with Crippen molar-refractivity contribution in [2.45, 2.75) is 0 Å². The molecule has 4 heteroatoms. The minimum atomic E-state index is 1.69. The topological polar surface area (TPSA) is 39.3 Å². The summed E-state index contributed by atoms with van der Waals surface area (Å²) in [5.74, 6) is 0. The molecule has 0 aromatic rings. The maximum Gasteiger partial charge on any atom is 0.0202 e. The van der Waals surface area contributed by atoms with Gasteiger partial charge < -0.3 is 0 Å². The summed E-state index contributed by atoms with van der Waals surface area (Å²) in [6.07, 6.45) is 0. The Labute approximate surface area is 30.0 Å². The van der Waals surface area contributed by atoms with E-state index in [4.69, 9.17) is 0 Å². The Kier molecular flexibility index (Phi) is 0.553. The summed E-state index contributed by atoms with van der Waals surface area (Å²) < 4.78 is 0. The molecular formula is CH6N4. The minimum absolute atomic E-state index is 1.69. The molecule has 4 nitrogen and oxygen atoms in total. The minimum Gasteiger partial charge on any atom is -0.164 e. The molecular weight excluding hydrogens is 68.0 g/mol. The fourth-order valence-corrected chi connectivity index (χ4v) is 0.168. The predicted molar refractivity (Wildman–Crippen MR) is 17.2 cm³/mol. The summed E-state index contributed by atoms with van der Waals surface area (Å²) in [7, 11) is 1.86. The van der Waals surface area contributed by atoms with Gasteiger partial charge in [-0.1, -0.05) is 0 Å². The van der Waals surface area contributed by atoms with Crippen LogP contribution in [0.15, 0.2) is 0 Å². The second-order valence-corrected chi connectivity index (χ2v) is 0.908. The zero-order valence-corrected chi connectivity index (χ0v) is 2.95. The highest BCUT2D eigenvalue weighted by Gasteiger charge is 1.99. The van der Waals surface area contributed by atoms with Gasteiger partial charge in [-0.05, 0) is 0 Å². The van der Waals surface area contributed by atoms with E-state index < -0.39 is 0 Å². The molecule has 0 radical (unpaired) electrons. The Morgan fingerprint density at radius 3 is 1.80 bits per heavy atom. The number of hydrazine groups is 4. The van der Waals surface area contributed by atoms with Crippen LogP contribution in [0.5, 0.6) is 0 Å². The van der Waals surface area contributed by atoms with Crippen LogP contribution in [-0.4, -0.2) is 12.2 Å². The molecule has 1 rings (SSSR count). The van der Waals surface area contributed by atoms with Crippen LogP contribution in [0.2, 0.25) is 0 Å². The van der Waals surface area contributed by atoms with Gasteiger partial charge >= 0.3 is 0 Å². The lowest BCUT2D eigenvalue weighted by atomic mass is 11.4. The molecule has 3 N–H and O–H groups in total. The van der Waals surface area contributed by atoms with Crippen LogP contribution >= 0.6 is 0 Å². The van der Waals surface area contributed by atoms with Crippen LogP contribution in [-0.2, 0) is 0 Å². The standard InChI is InChI=1S/CH6N4/c1-5-3-2-4-5/h2-4H,1H3. The van der Waals surface area contributed by atoms with Crippen LogP contribution in [0, 0.1) is 0 Å². The molecule has 0 atom stereocenters. The third kappa shape index (κ3) is 0.381. The molecule has 1 aliphatic rings. The molecule has 1 saturated heterocycles. The van der Waals surface area contributed by atoms with E-state index in [-0.39, 0.29) is 0 Å². The van der Waals surface area contributed by atoms with E-state index in [9.17, 15) is 0 Å². The highest BCUT2D eigenvalue weighted by Crippen LogP contribution is 1.61. The SMILES string of the molecule is CN1NNN1. The second kappa shape index (κ2) is 0.908. The van der Waals surface area contributed by atoms with Crippen molar-refractivity contribution in [3.05, 3.63) is 0 Å². The van der Waals surface area contributed by atoms with Gasteiger partial charge in [-0.3, -0.25) is 0 Å². The van der Waals surface area contributed by atoms with E-state index in [1.165, 1.54) is 0 Å². The van der Waals surface area contributed by atoms with Gasteiger partial charge in [-0.15, -0.1) is 0 Å². The lowest BCUT2D eigenvalue weighted by molar-refractivity contribution is -0.0413. The van der Waals surface area contributed by atoms with Gasteiger partial charge in [0.15, 0.2) is 0 Å². The van der Waals surface area contributed by atoms with Crippen LogP contribution in [0.3, 0.4) is 0 Å². The first kappa shape index (κ1) is 3.05. The molecule has 0 aromatic heterocycles. The van der Waals surface area contributed by atoms with Crippen molar-refractivity contribution < 1.29 is 0 Å². The summed E-state index contributed by atoms with van der Waals surface area (Å²) in [5.41, 5.74) is 7.95. The quantitative estimate of drug-likeness (QED) is 0.322. The van der Waals surface area contributed by atoms with Gasteiger partial charge in [0.05, 0.1) is 0 Å². The molecule has 0 saturated carbocycles. The maximum absolute atomic E-state index is 2.68. The van der Waals surface area contributed by atoms with Crippen molar-refractivity contribution >= 4 is 0 Å². The molecule has 0 aromatic carbocycles. The smallest absolute Gasteiger partial charge is 0.0202 e. The van der Waals surface area contributed by atoms with Gasteiger partial charge in [-0.25, -0.2) is 0 Å². The molecule has 1 heterocycles. The van der Waals surface area contributed by atoms with Crippen molar-refractivity contribution in [3.8, 4) is 0 Å². The maximum atomic E-state index is 2.68. The van der Waals surface area contributed by atoms with E-state index in [2.05, 4.69) is 16.6 Å². The number of hydrogen-bond donors (Lipinski definition) is 3. The Morgan fingerprint density at radius 2 is 1.80 bits per heavy atom. The fraction of sp³-hybridized carbons (Fsp3) is 1.00. The highest BCUT2D eigenvalue weighted by atomic mass is 16.1. The molecule has 5 heavy (non-hydrogen) atoms. The molecule has 1 aliphatic heterocycles. The summed E-state index contributed by atoms with van der Waals surface area (Å²) in [6.45, 7) is 0. The van der Waals surface area contributed by atoms with Crippen molar-refractivity contribution in [2.24, 2.45) is 0 Å². The van der Waals surface area contributed by atoms with Crippen molar-refractivity contribution in [1.29, 1.82) is 0 Å². The van der Waals surface area contributed by atoms with Crippen molar-refractivity contribution in [2.75, 3.05) is 7.05 Å². The fourth-order valence-electron chi connectivity index (χ4n) is 0.168. The average molecular weight is 74.1 g/mol. The van der Waals surface area contributed by atoms with Crippen molar-refractivity contribution in [3.63, 3.8) is 0 Å². The van der Waals surface area contributed by atoms with Gasteiger partial charge in [0.1, 0.15) is 0 Å². The number of hydrogen-bond acceptors (Lipinski definition) is 4. The van der Waals surface area contributed by atoms with Gasteiger partial charge in [-0.2, -0.15) is 21.7 Å². The van der Waals surface area contributed by atoms with Gasteiger partial charge in [0, 0.05) is 7.05 Å². The van der Waals surface area contributed by atoms with Crippen LogP contribution in [0.1, 0.15) is 0 Å². The number of nitrogens with zero attached hydrogens (tertiary/aromatic N) is 1.